The number of rotatable bonds is 14. The minimum atomic E-state index is -1.38. The summed E-state index contributed by atoms with van der Waals surface area (Å²) in [5.41, 5.74) is 8.92. The minimum Gasteiger partial charge on any atom is -0.456 e. The van der Waals surface area contributed by atoms with E-state index in [4.69, 9.17) is 28.4 Å². The van der Waals surface area contributed by atoms with E-state index >= 15 is 0 Å². The molecule has 4 aliphatic heterocycles. The van der Waals surface area contributed by atoms with E-state index in [1.54, 1.807) is 35.8 Å². The number of esters is 2. The summed E-state index contributed by atoms with van der Waals surface area (Å²) in [5, 5.41) is 0. The summed E-state index contributed by atoms with van der Waals surface area (Å²) in [6, 6.07) is 50.1. The van der Waals surface area contributed by atoms with Crippen LogP contribution in [0.4, 0.5) is 43.7 Å². The second-order valence-corrected chi connectivity index (χ2v) is 22.2. The van der Waals surface area contributed by atoms with Gasteiger partial charge in [0.1, 0.15) is 23.0 Å². The van der Waals surface area contributed by atoms with E-state index in [0.29, 0.717) is 90.3 Å². The van der Waals surface area contributed by atoms with Gasteiger partial charge in [-0.3, -0.25) is 0 Å². The standard InChI is InChI=1S/C71H68N4O10/c1-11-72(12-2)49-33-35-55-63(39-49)82-61-37-43(7)59(41-57(61)70(55)53-23-19-17-21-51(53)65(76)84-70)74(67(78)80-15-5)47-29-25-45(26-30-47)69(9,10)46-27-31-48(32-28-46)75(68(79)81-16-6)60-42-58-62(38-44(60)8)83-64-40-50(73(13-3)14-4)34-36-56(64)71(58)54-24-20-18-22-52(54)66(77)85-71/h17-42H,11-16H2,1-10H3. The van der Waals surface area contributed by atoms with Gasteiger partial charge in [0.25, 0.3) is 0 Å². The summed E-state index contributed by atoms with van der Waals surface area (Å²) >= 11 is 0. The van der Waals surface area contributed by atoms with Gasteiger partial charge in [-0.05, 0) is 163 Å². The first-order chi connectivity index (χ1) is 41.1. The lowest BCUT2D eigenvalue weighted by molar-refractivity contribution is 0.0214. The van der Waals surface area contributed by atoms with Crippen LogP contribution in [0.15, 0.2) is 158 Å². The number of amides is 2. The molecule has 2 atom stereocenters. The van der Waals surface area contributed by atoms with Crippen molar-refractivity contribution in [3.8, 4) is 23.0 Å². The van der Waals surface area contributed by atoms with Crippen LogP contribution in [-0.2, 0) is 35.6 Å². The Morgan fingerprint density at radius 1 is 0.435 bits per heavy atom. The number of hydrogen-bond acceptors (Lipinski definition) is 12. The number of benzene rings is 8. The second-order valence-electron chi connectivity index (χ2n) is 22.2. The summed E-state index contributed by atoms with van der Waals surface area (Å²) < 4.78 is 38.3. The summed E-state index contributed by atoms with van der Waals surface area (Å²) in [6.45, 7) is 23.5. The second kappa shape index (κ2) is 21.6. The molecule has 0 saturated heterocycles. The molecule has 0 aliphatic carbocycles. The van der Waals surface area contributed by atoms with Gasteiger partial charge in [0.15, 0.2) is 11.2 Å². The molecule has 8 aromatic carbocycles. The Labute approximate surface area is 496 Å². The Bertz CT molecular complexity index is 3740. The highest BCUT2D eigenvalue weighted by molar-refractivity contribution is 6.01. The van der Waals surface area contributed by atoms with Gasteiger partial charge in [0.05, 0.1) is 47.1 Å². The highest BCUT2D eigenvalue weighted by Crippen LogP contribution is 2.60. The Hall–Kier alpha value is -9.56. The third-order valence-corrected chi connectivity index (χ3v) is 17.4. The predicted molar refractivity (Wildman–Crippen MR) is 329 cm³/mol. The zero-order chi connectivity index (χ0) is 59.7. The molecule has 85 heavy (non-hydrogen) atoms. The predicted octanol–water partition coefficient (Wildman–Crippen LogP) is 16.0. The van der Waals surface area contributed by atoms with Crippen LogP contribution < -0.4 is 29.1 Å². The molecule has 0 fully saturated rings. The molecule has 0 N–H and O–H groups in total. The fourth-order valence-corrected chi connectivity index (χ4v) is 12.9. The molecule has 14 heteroatoms. The molecule has 0 aromatic heterocycles. The Balaban J connectivity index is 0.891. The third kappa shape index (κ3) is 8.82. The molecule has 8 aromatic rings. The molecular formula is C71H68N4O10. The van der Waals surface area contributed by atoms with Crippen molar-refractivity contribution in [2.75, 3.05) is 59.0 Å². The average molecular weight is 1140 g/mol. The van der Waals surface area contributed by atoms with E-state index in [1.165, 1.54) is 0 Å². The zero-order valence-corrected chi connectivity index (χ0v) is 49.6. The maximum atomic E-state index is 14.4. The fraction of sp³-hybridized carbons (Fsp3) is 0.268. The first-order valence-electron chi connectivity index (χ1n) is 29.3. The maximum Gasteiger partial charge on any atom is 0.418 e. The van der Waals surface area contributed by atoms with Crippen LogP contribution in [-0.4, -0.2) is 63.5 Å². The lowest BCUT2D eigenvalue weighted by Gasteiger charge is -2.38. The number of aryl methyl sites for hydroxylation is 2. The van der Waals surface area contributed by atoms with Gasteiger partial charge < -0.3 is 38.2 Å². The van der Waals surface area contributed by atoms with Crippen molar-refractivity contribution >= 4 is 58.2 Å². The number of carbonyl (C=O) groups excluding carboxylic acids is 4. The normalized spacial score (nSPS) is 16.5. The van der Waals surface area contributed by atoms with Gasteiger partial charge in [-0.2, -0.15) is 0 Å². The summed E-state index contributed by atoms with van der Waals surface area (Å²) in [5.74, 6) is 1.26. The van der Waals surface area contributed by atoms with Crippen LogP contribution in [0.25, 0.3) is 0 Å². The Morgan fingerprint density at radius 2 is 0.788 bits per heavy atom. The van der Waals surface area contributed by atoms with Crippen LogP contribution in [0, 0.1) is 13.8 Å². The number of carbonyl (C=O) groups is 4. The van der Waals surface area contributed by atoms with Crippen molar-refractivity contribution in [1.29, 1.82) is 0 Å². The summed E-state index contributed by atoms with van der Waals surface area (Å²) in [6.07, 6.45) is -1.17. The van der Waals surface area contributed by atoms with Crippen LogP contribution in [0.3, 0.4) is 0 Å². The van der Waals surface area contributed by atoms with Crippen molar-refractivity contribution in [3.63, 3.8) is 0 Å². The van der Waals surface area contributed by atoms with Crippen molar-refractivity contribution in [1.82, 2.24) is 0 Å². The summed E-state index contributed by atoms with van der Waals surface area (Å²) in [4.78, 5) is 64.2. The van der Waals surface area contributed by atoms with Crippen molar-refractivity contribution in [3.05, 3.63) is 224 Å². The number of ether oxygens (including phenoxy) is 6. The lowest BCUT2D eigenvalue weighted by Crippen LogP contribution is -2.34. The van der Waals surface area contributed by atoms with Gasteiger partial charge >= 0.3 is 24.1 Å². The maximum absolute atomic E-state index is 14.4. The first-order valence-corrected chi connectivity index (χ1v) is 29.3. The van der Waals surface area contributed by atoms with Crippen molar-refractivity contribution < 1.29 is 47.6 Å². The molecular weight excluding hydrogens is 1070 g/mol. The van der Waals surface area contributed by atoms with E-state index < -0.39 is 40.7 Å². The average Bonchev–Trinajstić information content (AvgIpc) is 1.71. The van der Waals surface area contributed by atoms with E-state index in [9.17, 15) is 19.2 Å². The lowest BCUT2D eigenvalue weighted by atomic mass is 9.77. The van der Waals surface area contributed by atoms with Crippen LogP contribution in [0.1, 0.15) is 132 Å². The molecule has 2 unspecified atom stereocenters. The van der Waals surface area contributed by atoms with Gasteiger partial charge in [0.2, 0.25) is 0 Å². The molecule has 0 bridgehead atoms. The molecule has 2 spiro atoms. The summed E-state index contributed by atoms with van der Waals surface area (Å²) in [7, 11) is 0. The third-order valence-electron chi connectivity index (χ3n) is 17.4. The molecule has 14 nitrogen and oxygen atoms in total. The molecule has 432 valence electrons. The van der Waals surface area contributed by atoms with Crippen LogP contribution in [0.2, 0.25) is 0 Å². The van der Waals surface area contributed by atoms with Gasteiger partial charge in [-0.1, -0.05) is 74.5 Å². The quantitative estimate of drug-likeness (QED) is 0.0757. The number of nitrogens with zero attached hydrogens (tertiary/aromatic N) is 4. The number of anilines is 6. The van der Waals surface area contributed by atoms with Crippen molar-refractivity contribution in [2.45, 2.75) is 85.9 Å². The van der Waals surface area contributed by atoms with E-state index in [1.807, 2.05) is 159 Å². The number of hydrogen-bond donors (Lipinski definition) is 0. The highest BCUT2D eigenvalue weighted by atomic mass is 16.6. The van der Waals surface area contributed by atoms with E-state index in [0.717, 1.165) is 59.8 Å². The van der Waals surface area contributed by atoms with Crippen molar-refractivity contribution in [2.24, 2.45) is 0 Å². The smallest absolute Gasteiger partial charge is 0.418 e. The molecule has 0 saturated carbocycles. The van der Waals surface area contributed by atoms with Crippen LogP contribution >= 0.6 is 0 Å². The molecule has 0 radical (unpaired) electrons. The first kappa shape index (κ1) is 55.9. The Kier molecular flexibility index (Phi) is 14.2. The molecule has 4 aliphatic rings. The SMILES string of the molecule is CCOC(=O)N(c1ccc(C(C)(C)c2ccc(N(C(=O)OCC)c3cc4c(cc3C)Oc3cc(N(CC)CC)ccc3C43OC(=O)c4ccccc43)cc2)cc1)c1cc2c(cc1C)Oc1cc(N(CC)CC)ccc1C21OC(=O)c2ccccc21. The van der Waals surface area contributed by atoms with Gasteiger partial charge in [-0.25, -0.2) is 29.0 Å². The molecule has 12 rings (SSSR count). The molecule has 4 heterocycles. The number of fused-ring (bicyclic) bond motifs is 12. The fourth-order valence-electron chi connectivity index (χ4n) is 12.9. The highest BCUT2D eigenvalue weighted by Gasteiger charge is 2.56. The zero-order valence-electron chi connectivity index (χ0n) is 49.6. The van der Waals surface area contributed by atoms with Gasteiger partial charge in [-0.15, -0.1) is 0 Å². The van der Waals surface area contributed by atoms with E-state index in [-0.39, 0.29) is 13.2 Å². The largest absolute Gasteiger partial charge is 0.456 e. The van der Waals surface area contributed by atoms with Gasteiger partial charge in [0, 0.05) is 88.5 Å². The monoisotopic (exact) mass is 1140 g/mol. The van der Waals surface area contributed by atoms with E-state index in [2.05, 4.69) is 51.3 Å². The minimum absolute atomic E-state index is 0.131. The Morgan fingerprint density at radius 3 is 1.15 bits per heavy atom. The van der Waals surface area contributed by atoms with Crippen LogP contribution in [0.5, 0.6) is 23.0 Å². The molecule has 2 amide bonds. The topological polar surface area (TPSA) is 137 Å².